The second-order valence-corrected chi connectivity index (χ2v) is 8.76. The predicted molar refractivity (Wildman–Crippen MR) is 92.3 cm³/mol. The number of hydrogen-bond donors (Lipinski definition) is 1. The van der Waals surface area contributed by atoms with Crippen molar-refractivity contribution >= 4 is 69.8 Å². The van der Waals surface area contributed by atoms with Crippen molar-refractivity contribution in [3.63, 3.8) is 0 Å². The van der Waals surface area contributed by atoms with Crippen molar-refractivity contribution in [2.24, 2.45) is 0 Å². The molecule has 0 aliphatic carbocycles. The van der Waals surface area contributed by atoms with Crippen LogP contribution < -0.4 is 4.72 Å². The minimum Gasteiger partial charge on any atom is -0.277 e. The normalized spacial score (nSPS) is 11.7. The SMILES string of the molecule is O=S(=O)(Nc1cccc2cc(Br)cnc12)c1sccc1Br. The summed E-state index contributed by atoms with van der Waals surface area (Å²) < 4.78 is 29.1. The van der Waals surface area contributed by atoms with Gasteiger partial charge in [0.05, 0.1) is 11.2 Å². The molecule has 3 rings (SSSR count). The summed E-state index contributed by atoms with van der Waals surface area (Å²) in [6.07, 6.45) is 1.64. The van der Waals surface area contributed by atoms with Crippen LogP contribution in [0.5, 0.6) is 0 Å². The number of nitrogens with zero attached hydrogens (tertiary/aromatic N) is 1. The first-order chi connectivity index (χ1) is 9.97. The fourth-order valence-corrected chi connectivity index (χ4v) is 5.63. The summed E-state index contributed by atoms with van der Waals surface area (Å²) in [5.41, 5.74) is 1.07. The molecule has 2 aromatic heterocycles. The van der Waals surface area contributed by atoms with Crippen molar-refractivity contribution in [2.75, 3.05) is 4.72 Å². The molecule has 8 heteroatoms. The van der Waals surface area contributed by atoms with E-state index >= 15 is 0 Å². The predicted octanol–water partition coefficient (Wildman–Crippen LogP) is 4.62. The molecule has 0 atom stereocenters. The van der Waals surface area contributed by atoms with Crippen LogP contribution in [-0.4, -0.2) is 13.4 Å². The van der Waals surface area contributed by atoms with Crippen LogP contribution in [0.1, 0.15) is 0 Å². The third-order valence-corrected chi connectivity index (χ3v) is 7.22. The minimum absolute atomic E-state index is 0.247. The largest absolute Gasteiger partial charge is 0.277 e. The second-order valence-electron chi connectivity index (χ2n) is 4.19. The van der Waals surface area contributed by atoms with Gasteiger partial charge in [-0.15, -0.1) is 11.3 Å². The fourth-order valence-electron chi connectivity index (χ4n) is 1.88. The molecule has 0 unspecified atom stereocenters. The molecule has 4 nitrogen and oxygen atoms in total. The monoisotopic (exact) mass is 446 g/mol. The van der Waals surface area contributed by atoms with Gasteiger partial charge in [-0.25, -0.2) is 8.42 Å². The highest BCUT2D eigenvalue weighted by molar-refractivity contribution is 9.10. The van der Waals surface area contributed by atoms with Gasteiger partial charge < -0.3 is 0 Å². The van der Waals surface area contributed by atoms with Gasteiger partial charge in [0.15, 0.2) is 4.21 Å². The molecule has 0 spiro atoms. The molecule has 3 aromatic rings. The molecule has 0 radical (unpaired) electrons. The lowest BCUT2D eigenvalue weighted by molar-refractivity contribution is 0.603. The van der Waals surface area contributed by atoms with Crippen LogP contribution in [0, 0.1) is 0 Å². The number of anilines is 1. The van der Waals surface area contributed by atoms with E-state index in [9.17, 15) is 8.42 Å². The highest BCUT2D eigenvalue weighted by atomic mass is 79.9. The van der Waals surface area contributed by atoms with E-state index in [2.05, 4.69) is 41.6 Å². The zero-order chi connectivity index (χ0) is 15.0. The van der Waals surface area contributed by atoms with Crippen molar-refractivity contribution < 1.29 is 8.42 Å². The van der Waals surface area contributed by atoms with Crippen LogP contribution in [0.4, 0.5) is 5.69 Å². The Morgan fingerprint density at radius 3 is 2.71 bits per heavy atom. The molecule has 0 bridgehead atoms. The highest BCUT2D eigenvalue weighted by Crippen LogP contribution is 2.31. The zero-order valence-electron chi connectivity index (χ0n) is 10.4. The Hall–Kier alpha value is -0.960. The number of pyridine rings is 1. The van der Waals surface area contributed by atoms with Crippen LogP contribution in [0.3, 0.4) is 0 Å². The van der Waals surface area contributed by atoms with E-state index in [-0.39, 0.29) is 4.21 Å². The van der Waals surface area contributed by atoms with Crippen LogP contribution in [0.25, 0.3) is 10.9 Å². The van der Waals surface area contributed by atoms with Crippen molar-refractivity contribution in [1.82, 2.24) is 4.98 Å². The van der Waals surface area contributed by atoms with Gasteiger partial charge in [-0.05, 0) is 55.4 Å². The maximum atomic E-state index is 12.4. The summed E-state index contributed by atoms with van der Waals surface area (Å²) in [4.78, 5) is 4.29. The summed E-state index contributed by atoms with van der Waals surface area (Å²) in [7, 11) is -3.63. The van der Waals surface area contributed by atoms with Crippen molar-refractivity contribution in [1.29, 1.82) is 0 Å². The van der Waals surface area contributed by atoms with Gasteiger partial charge in [0.25, 0.3) is 10.0 Å². The van der Waals surface area contributed by atoms with Crippen molar-refractivity contribution in [3.05, 3.63) is 50.9 Å². The summed E-state index contributed by atoms with van der Waals surface area (Å²) in [5.74, 6) is 0. The van der Waals surface area contributed by atoms with E-state index in [1.54, 1.807) is 29.8 Å². The Labute approximate surface area is 142 Å². The molecule has 1 N–H and O–H groups in total. The maximum absolute atomic E-state index is 12.4. The van der Waals surface area contributed by atoms with Crippen LogP contribution in [0.2, 0.25) is 0 Å². The Morgan fingerprint density at radius 1 is 1.19 bits per heavy atom. The minimum atomic E-state index is -3.63. The first kappa shape index (κ1) is 15.0. The number of rotatable bonds is 3. The fraction of sp³-hybridized carbons (Fsp3) is 0. The van der Waals surface area contributed by atoms with Gasteiger partial charge in [-0.1, -0.05) is 12.1 Å². The van der Waals surface area contributed by atoms with Crippen molar-refractivity contribution in [2.45, 2.75) is 4.21 Å². The number of benzene rings is 1. The molecule has 0 saturated carbocycles. The van der Waals surface area contributed by atoms with E-state index in [1.807, 2.05) is 12.1 Å². The number of aromatic nitrogens is 1. The van der Waals surface area contributed by atoms with Gasteiger partial charge in [0, 0.05) is 20.5 Å². The molecule has 0 amide bonds. The summed E-state index contributed by atoms with van der Waals surface area (Å²) in [6, 6.07) is 8.96. The zero-order valence-corrected chi connectivity index (χ0v) is 15.2. The van der Waals surface area contributed by atoms with Gasteiger partial charge in [-0.2, -0.15) is 0 Å². The summed E-state index contributed by atoms with van der Waals surface area (Å²) >= 11 is 7.76. The van der Waals surface area contributed by atoms with E-state index in [0.717, 1.165) is 21.2 Å². The second kappa shape index (κ2) is 5.68. The molecule has 0 saturated heterocycles. The van der Waals surface area contributed by atoms with Gasteiger partial charge in [0.2, 0.25) is 0 Å². The van der Waals surface area contributed by atoms with Crippen LogP contribution in [0.15, 0.2) is 55.1 Å². The Bertz CT molecular complexity index is 923. The van der Waals surface area contributed by atoms with Crippen LogP contribution >= 0.6 is 43.2 Å². The number of fused-ring (bicyclic) bond motifs is 1. The standard InChI is InChI=1S/C13H8Br2N2O2S2/c14-9-6-8-2-1-3-11(12(8)16-7-9)17-21(18,19)13-10(15)4-5-20-13/h1-7,17H. The Balaban J connectivity index is 2.08. The Morgan fingerprint density at radius 2 is 2.00 bits per heavy atom. The molecule has 21 heavy (non-hydrogen) atoms. The lowest BCUT2D eigenvalue weighted by Crippen LogP contribution is -2.12. The Kier molecular flexibility index (Phi) is 4.04. The lowest BCUT2D eigenvalue weighted by Gasteiger charge is -2.09. The summed E-state index contributed by atoms with van der Waals surface area (Å²) in [6.45, 7) is 0. The number of sulfonamides is 1. The number of halogens is 2. The topological polar surface area (TPSA) is 59.1 Å². The molecule has 1 aromatic carbocycles. The van der Waals surface area contributed by atoms with Gasteiger partial charge in [-0.3, -0.25) is 9.71 Å². The molecule has 108 valence electrons. The molecule has 0 aliphatic heterocycles. The lowest BCUT2D eigenvalue weighted by atomic mass is 10.2. The number of para-hydroxylation sites is 1. The smallest absolute Gasteiger partial charge is 0.272 e. The maximum Gasteiger partial charge on any atom is 0.272 e. The number of thiophene rings is 1. The molecular weight excluding hydrogens is 440 g/mol. The summed E-state index contributed by atoms with van der Waals surface area (Å²) in [5, 5.41) is 2.58. The molecule has 0 aliphatic rings. The van der Waals surface area contributed by atoms with E-state index in [4.69, 9.17) is 0 Å². The third kappa shape index (κ3) is 2.98. The first-order valence-corrected chi connectivity index (χ1v) is 9.72. The van der Waals surface area contributed by atoms with E-state index in [1.165, 1.54) is 0 Å². The molecular formula is C13H8Br2N2O2S2. The number of hydrogen-bond acceptors (Lipinski definition) is 4. The average molecular weight is 448 g/mol. The van der Waals surface area contributed by atoms with E-state index < -0.39 is 10.0 Å². The van der Waals surface area contributed by atoms with Crippen LogP contribution in [-0.2, 0) is 10.0 Å². The highest BCUT2D eigenvalue weighted by Gasteiger charge is 2.20. The quantitative estimate of drug-likeness (QED) is 0.637. The average Bonchev–Trinajstić information content (AvgIpc) is 2.85. The van der Waals surface area contributed by atoms with Crippen molar-refractivity contribution in [3.8, 4) is 0 Å². The first-order valence-electron chi connectivity index (χ1n) is 5.77. The molecule has 2 heterocycles. The van der Waals surface area contributed by atoms with E-state index in [0.29, 0.717) is 15.7 Å². The number of nitrogens with one attached hydrogen (secondary N) is 1. The molecule has 0 fully saturated rings. The van der Waals surface area contributed by atoms with Gasteiger partial charge >= 0.3 is 0 Å². The third-order valence-electron chi connectivity index (χ3n) is 2.75. The van der Waals surface area contributed by atoms with Gasteiger partial charge in [0.1, 0.15) is 0 Å².